The Morgan fingerprint density at radius 3 is 2.92 bits per heavy atom. The largest absolute Gasteiger partial charge is 0.391 e. The first-order chi connectivity index (χ1) is 5.84. The van der Waals surface area contributed by atoms with Crippen molar-refractivity contribution < 1.29 is 9.23 Å². The molecule has 1 aromatic rings. The first kappa shape index (κ1) is 8.71. The van der Waals surface area contributed by atoms with E-state index >= 15 is 0 Å². The molecular formula is C9H9FNO. The summed E-state index contributed by atoms with van der Waals surface area (Å²) in [5.41, 5.74) is 0.497. The van der Waals surface area contributed by atoms with Crippen molar-refractivity contribution in [1.29, 1.82) is 0 Å². The molecule has 0 saturated heterocycles. The topological polar surface area (TPSA) is 21.6 Å². The fourth-order valence-electron chi connectivity index (χ4n) is 0.782. The van der Waals surface area contributed by atoms with Crippen LogP contribution in [-0.2, 0) is 11.4 Å². The van der Waals surface area contributed by atoms with Gasteiger partial charge in [-0.25, -0.2) is 4.39 Å². The molecule has 0 saturated carbocycles. The van der Waals surface area contributed by atoms with Crippen molar-refractivity contribution in [3.63, 3.8) is 0 Å². The van der Waals surface area contributed by atoms with E-state index in [4.69, 9.17) is 4.84 Å². The maximum absolute atomic E-state index is 12.9. The van der Waals surface area contributed by atoms with Crippen LogP contribution < -0.4 is 0 Å². The van der Waals surface area contributed by atoms with Gasteiger partial charge in [-0.05, 0) is 13.0 Å². The van der Waals surface area contributed by atoms with Gasteiger partial charge in [-0.3, -0.25) is 0 Å². The zero-order chi connectivity index (χ0) is 8.81. The van der Waals surface area contributed by atoms with Gasteiger partial charge in [0.1, 0.15) is 18.6 Å². The molecule has 0 fully saturated rings. The molecule has 12 heavy (non-hydrogen) atoms. The second-order valence-electron chi connectivity index (χ2n) is 2.18. The normalized spacial score (nSPS) is 10.5. The van der Waals surface area contributed by atoms with E-state index in [1.165, 1.54) is 6.07 Å². The summed E-state index contributed by atoms with van der Waals surface area (Å²) in [7, 11) is 0. The maximum Gasteiger partial charge on any atom is 0.145 e. The lowest BCUT2D eigenvalue weighted by Crippen LogP contribution is -1.90. The van der Waals surface area contributed by atoms with Crippen molar-refractivity contribution in [3.05, 3.63) is 35.6 Å². The molecule has 0 atom stereocenters. The van der Waals surface area contributed by atoms with Crippen LogP contribution in [0.4, 0.5) is 4.39 Å². The standard InChI is InChI=1S/C9H9FNO/c1-2-11-12-7-8-5-3-4-6-9(8)10/h3-6H,7H2,1H3. The minimum atomic E-state index is -0.274. The fraction of sp³-hybridized carbons (Fsp3) is 0.222. The van der Waals surface area contributed by atoms with Gasteiger partial charge in [0.25, 0.3) is 0 Å². The van der Waals surface area contributed by atoms with Crippen LogP contribution in [0.5, 0.6) is 0 Å². The van der Waals surface area contributed by atoms with Gasteiger partial charge >= 0.3 is 0 Å². The van der Waals surface area contributed by atoms with Crippen molar-refractivity contribution in [1.82, 2.24) is 0 Å². The van der Waals surface area contributed by atoms with Crippen molar-refractivity contribution in [3.8, 4) is 0 Å². The molecule has 1 rings (SSSR count). The number of rotatable bonds is 3. The second kappa shape index (κ2) is 4.49. The Hall–Kier alpha value is -1.38. The number of halogens is 1. The van der Waals surface area contributed by atoms with Crippen molar-refractivity contribution in [2.24, 2.45) is 5.16 Å². The minimum Gasteiger partial charge on any atom is -0.391 e. The molecule has 3 heteroatoms. The van der Waals surface area contributed by atoms with E-state index in [9.17, 15) is 4.39 Å². The quantitative estimate of drug-likeness (QED) is 0.498. The third-order valence-electron chi connectivity index (χ3n) is 1.33. The van der Waals surface area contributed by atoms with E-state index in [-0.39, 0.29) is 12.4 Å². The first-order valence-corrected chi connectivity index (χ1v) is 3.56. The van der Waals surface area contributed by atoms with Gasteiger partial charge in [0.2, 0.25) is 0 Å². The Morgan fingerprint density at radius 2 is 2.25 bits per heavy atom. The molecular weight excluding hydrogens is 157 g/mol. The zero-order valence-corrected chi connectivity index (χ0v) is 6.75. The zero-order valence-electron chi connectivity index (χ0n) is 6.75. The number of hydrogen-bond donors (Lipinski definition) is 0. The summed E-state index contributed by atoms with van der Waals surface area (Å²) in [6, 6.07) is 6.42. The van der Waals surface area contributed by atoms with Crippen molar-refractivity contribution in [2.45, 2.75) is 13.5 Å². The lowest BCUT2D eigenvalue weighted by Gasteiger charge is -1.99. The van der Waals surface area contributed by atoms with E-state index in [0.29, 0.717) is 5.56 Å². The summed E-state index contributed by atoms with van der Waals surface area (Å²) >= 11 is 0. The molecule has 63 valence electrons. The molecule has 1 radical (unpaired) electrons. The van der Waals surface area contributed by atoms with Gasteiger partial charge in [-0.15, -0.1) is 0 Å². The highest BCUT2D eigenvalue weighted by atomic mass is 19.1. The van der Waals surface area contributed by atoms with Crippen LogP contribution in [-0.4, -0.2) is 6.21 Å². The summed E-state index contributed by atoms with van der Waals surface area (Å²) in [6.45, 7) is 1.76. The van der Waals surface area contributed by atoms with Gasteiger partial charge in [0.15, 0.2) is 0 Å². The SMILES string of the molecule is C/[C]=N\OCc1ccccc1F. The predicted molar refractivity (Wildman–Crippen MR) is 44.3 cm³/mol. The van der Waals surface area contributed by atoms with E-state index < -0.39 is 0 Å². The highest BCUT2D eigenvalue weighted by Crippen LogP contribution is 2.07. The molecule has 0 heterocycles. The predicted octanol–water partition coefficient (Wildman–Crippen LogP) is 2.23. The van der Waals surface area contributed by atoms with Crippen LogP contribution in [0.15, 0.2) is 29.4 Å². The molecule has 0 spiro atoms. The summed E-state index contributed by atoms with van der Waals surface area (Å²) in [5.74, 6) is -0.274. The molecule has 0 aromatic heterocycles. The van der Waals surface area contributed by atoms with Gasteiger partial charge in [-0.1, -0.05) is 23.4 Å². The Balaban J connectivity index is 2.57. The molecule has 0 aliphatic carbocycles. The molecule has 0 aliphatic rings. The summed E-state index contributed by atoms with van der Waals surface area (Å²) in [6.07, 6.45) is 2.44. The van der Waals surface area contributed by atoms with Gasteiger partial charge < -0.3 is 4.84 Å². The monoisotopic (exact) mass is 166 g/mol. The average molecular weight is 166 g/mol. The van der Waals surface area contributed by atoms with Crippen LogP contribution in [0.25, 0.3) is 0 Å². The molecule has 0 aliphatic heterocycles. The van der Waals surface area contributed by atoms with Crippen LogP contribution in [0, 0.1) is 5.82 Å². The summed E-state index contributed by atoms with van der Waals surface area (Å²) in [5, 5.41) is 3.39. The van der Waals surface area contributed by atoms with Crippen molar-refractivity contribution >= 4 is 6.21 Å². The molecule has 0 N–H and O–H groups in total. The Labute approximate surface area is 70.7 Å². The fourth-order valence-corrected chi connectivity index (χ4v) is 0.782. The lowest BCUT2D eigenvalue weighted by atomic mass is 10.2. The third-order valence-corrected chi connectivity index (χ3v) is 1.33. The third kappa shape index (κ3) is 2.34. The molecule has 1 aromatic carbocycles. The highest BCUT2D eigenvalue weighted by molar-refractivity contribution is 5.52. The van der Waals surface area contributed by atoms with Crippen LogP contribution in [0.2, 0.25) is 0 Å². The number of hydrogen-bond acceptors (Lipinski definition) is 2. The van der Waals surface area contributed by atoms with E-state index in [0.717, 1.165) is 0 Å². The maximum atomic E-state index is 12.9. The lowest BCUT2D eigenvalue weighted by molar-refractivity contribution is 0.129. The number of benzene rings is 1. The average Bonchev–Trinajstić information content (AvgIpc) is 2.09. The Morgan fingerprint density at radius 1 is 1.50 bits per heavy atom. The Bertz CT molecular complexity index is 273. The summed E-state index contributed by atoms with van der Waals surface area (Å²) in [4.78, 5) is 4.72. The van der Waals surface area contributed by atoms with Gasteiger partial charge in [0.05, 0.1) is 0 Å². The van der Waals surface area contributed by atoms with E-state index in [1.807, 2.05) is 0 Å². The first-order valence-electron chi connectivity index (χ1n) is 3.56. The minimum absolute atomic E-state index is 0.146. The van der Waals surface area contributed by atoms with Gasteiger partial charge in [0, 0.05) is 5.56 Å². The molecule has 0 unspecified atom stereocenters. The smallest absolute Gasteiger partial charge is 0.145 e. The van der Waals surface area contributed by atoms with Gasteiger partial charge in [-0.2, -0.15) is 0 Å². The second-order valence-corrected chi connectivity index (χ2v) is 2.18. The Kier molecular flexibility index (Phi) is 3.26. The molecule has 0 bridgehead atoms. The summed E-state index contributed by atoms with van der Waals surface area (Å²) < 4.78 is 12.9. The van der Waals surface area contributed by atoms with E-state index in [1.54, 1.807) is 25.1 Å². The van der Waals surface area contributed by atoms with E-state index in [2.05, 4.69) is 11.4 Å². The highest BCUT2D eigenvalue weighted by Gasteiger charge is 1.98. The van der Waals surface area contributed by atoms with Crippen molar-refractivity contribution in [2.75, 3.05) is 0 Å². The number of nitrogens with zero attached hydrogens (tertiary/aromatic N) is 1. The van der Waals surface area contributed by atoms with Crippen LogP contribution >= 0.6 is 0 Å². The van der Waals surface area contributed by atoms with Crippen LogP contribution in [0.3, 0.4) is 0 Å². The molecule has 2 nitrogen and oxygen atoms in total. The molecule has 0 amide bonds. The van der Waals surface area contributed by atoms with Crippen LogP contribution in [0.1, 0.15) is 12.5 Å².